The summed E-state index contributed by atoms with van der Waals surface area (Å²) in [6.07, 6.45) is 1.82. The maximum absolute atomic E-state index is 12.7. The van der Waals surface area contributed by atoms with Gasteiger partial charge in [0.25, 0.3) is 5.91 Å². The maximum Gasteiger partial charge on any atom is 0.251 e. The molecule has 30 heavy (non-hydrogen) atoms. The van der Waals surface area contributed by atoms with Gasteiger partial charge in [-0.1, -0.05) is 60.7 Å². The quantitative estimate of drug-likeness (QED) is 0.508. The molecule has 0 aliphatic carbocycles. The van der Waals surface area contributed by atoms with Gasteiger partial charge in [-0.25, -0.2) is 0 Å². The Morgan fingerprint density at radius 2 is 1.57 bits per heavy atom. The lowest BCUT2D eigenvalue weighted by atomic mass is 10.1. The molecule has 0 fully saturated rings. The van der Waals surface area contributed by atoms with Crippen LogP contribution in [0.3, 0.4) is 0 Å². The fourth-order valence-electron chi connectivity index (χ4n) is 3.29. The molecule has 0 radical (unpaired) electrons. The second-order valence-corrected chi connectivity index (χ2v) is 7.40. The second kappa shape index (κ2) is 11.2. The van der Waals surface area contributed by atoms with E-state index in [2.05, 4.69) is 17.4 Å². The third kappa shape index (κ3) is 6.46. The van der Waals surface area contributed by atoms with Gasteiger partial charge in [-0.3, -0.25) is 4.79 Å². The summed E-state index contributed by atoms with van der Waals surface area (Å²) >= 11 is 0. The van der Waals surface area contributed by atoms with Gasteiger partial charge in [0.15, 0.2) is 0 Å². The van der Waals surface area contributed by atoms with Gasteiger partial charge >= 0.3 is 0 Å². The van der Waals surface area contributed by atoms with Crippen molar-refractivity contribution in [3.63, 3.8) is 0 Å². The molecule has 3 rings (SSSR count). The van der Waals surface area contributed by atoms with Gasteiger partial charge in [0.2, 0.25) is 0 Å². The highest BCUT2D eigenvalue weighted by atomic mass is 16.5. The number of benzene rings is 3. The molecule has 0 aliphatic heterocycles. The lowest BCUT2D eigenvalue weighted by Gasteiger charge is -2.15. The Balaban J connectivity index is 1.56. The molecule has 0 bridgehead atoms. The second-order valence-electron chi connectivity index (χ2n) is 7.40. The Labute approximate surface area is 178 Å². The summed E-state index contributed by atoms with van der Waals surface area (Å²) in [6, 6.07) is 25.9. The van der Waals surface area contributed by atoms with E-state index >= 15 is 0 Å². The Morgan fingerprint density at radius 1 is 0.900 bits per heavy atom. The number of carbonyl (C=O) groups excluding carboxylic acids is 1. The number of ether oxygens (including phenoxy) is 2. The number of hydrogen-bond acceptors (Lipinski definition) is 3. The molecule has 0 spiro atoms. The fourth-order valence-corrected chi connectivity index (χ4v) is 3.29. The molecule has 1 amide bonds. The number of carbonyl (C=O) groups is 1. The highest BCUT2D eigenvalue weighted by Crippen LogP contribution is 2.21. The Kier molecular flexibility index (Phi) is 8.04. The van der Waals surface area contributed by atoms with Crippen molar-refractivity contribution in [1.29, 1.82) is 0 Å². The minimum atomic E-state index is -0.0810. The summed E-state index contributed by atoms with van der Waals surface area (Å²) in [7, 11) is 1.63. The molecular weight excluding hydrogens is 374 g/mol. The monoisotopic (exact) mass is 403 g/mol. The van der Waals surface area contributed by atoms with Crippen LogP contribution >= 0.6 is 0 Å². The van der Waals surface area contributed by atoms with E-state index < -0.39 is 0 Å². The molecule has 1 N–H and O–H groups in total. The zero-order valence-electron chi connectivity index (χ0n) is 17.6. The highest BCUT2D eigenvalue weighted by Gasteiger charge is 2.13. The molecule has 3 aromatic rings. The van der Waals surface area contributed by atoms with Gasteiger partial charge in [0.1, 0.15) is 5.75 Å². The van der Waals surface area contributed by atoms with Crippen LogP contribution in [0.2, 0.25) is 0 Å². The molecule has 0 aliphatic rings. The van der Waals surface area contributed by atoms with E-state index in [1.54, 1.807) is 13.2 Å². The topological polar surface area (TPSA) is 47.6 Å². The van der Waals surface area contributed by atoms with Crippen LogP contribution in [0.25, 0.3) is 0 Å². The van der Waals surface area contributed by atoms with E-state index in [4.69, 9.17) is 9.47 Å². The minimum Gasteiger partial charge on any atom is -0.496 e. The molecular formula is C26H29NO3. The van der Waals surface area contributed by atoms with Crippen LogP contribution in [-0.4, -0.2) is 19.1 Å². The first-order valence-electron chi connectivity index (χ1n) is 10.3. The zero-order chi connectivity index (χ0) is 21.2. The third-order valence-corrected chi connectivity index (χ3v) is 5.00. The standard InChI is InChI=1S/C26H29NO3/c1-20(13-14-21-9-5-3-6-10-21)27-26(28)23-15-16-25(29-2)24(17-23)19-30-18-22-11-7-4-8-12-22/h3-12,15-17,20H,13-14,18-19H2,1-2H3,(H,27,28)/t20-/m0/s1. The molecule has 0 saturated heterocycles. The Bertz CT molecular complexity index is 926. The van der Waals surface area contributed by atoms with Crippen LogP contribution in [0, 0.1) is 0 Å². The molecule has 4 nitrogen and oxygen atoms in total. The SMILES string of the molecule is COc1ccc(C(=O)N[C@@H](C)CCc2ccccc2)cc1COCc1ccccc1. The lowest BCUT2D eigenvalue weighted by molar-refractivity contribution is 0.0936. The van der Waals surface area contributed by atoms with Crippen molar-refractivity contribution in [3.05, 3.63) is 101 Å². The summed E-state index contributed by atoms with van der Waals surface area (Å²) in [4.78, 5) is 12.7. The van der Waals surface area contributed by atoms with Crippen LogP contribution in [0.5, 0.6) is 5.75 Å². The average Bonchev–Trinajstić information content (AvgIpc) is 2.79. The van der Waals surface area contributed by atoms with Gasteiger partial charge in [0.05, 0.1) is 20.3 Å². The average molecular weight is 404 g/mol. The van der Waals surface area contributed by atoms with Crippen molar-refractivity contribution < 1.29 is 14.3 Å². The Morgan fingerprint density at radius 3 is 2.23 bits per heavy atom. The number of hydrogen-bond donors (Lipinski definition) is 1. The van der Waals surface area contributed by atoms with Crippen LogP contribution in [0.4, 0.5) is 0 Å². The molecule has 1 atom stereocenters. The molecule has 0 heterocycles. The van der Waals surface area contributed by atoms with Gasteiger partial charge in [-0.15, -0.1) is 0 Å². The fraction of sp³-hybridized carbons (Fsp3) is 0.269. The normalized spacial score (nSPS) is 11.7. The summed E-state index contributed by atoms with van der Waals surface area (Å²) in [5.74, 6) is 0.638. The molecule has 4 heteroatoms. The lowest BCUT2D eigenvalue weighted by Crippen LogP contribution is -2.33. The first-order valence-corrected chi connectivity index (χ1v) is 10.3. The van der Waals surface area contributed by atoms with Crippen LogP contribution in [-0.2, 0) is 24.4 Å². The molecule has 156 valence electrons. The summed E-state index contributed by atoms with van der Waals surface area (Å²) in [5.41, 5.74) is 3.86. The van der Waals surface area contributed by atoms with Gasteiger partial charge in [-0.05, 0) is 49.1 Å². The molecule has 3 aromatic carbocycles. The predicted octanol–water partition coefficient (Wildman–Crippen LogP) is 5.16. The van der Waals surface area contributed by atoms with Crippen molar-refractivity contribution >= 4 is 5.91 Å². The number of nitrogens with one attached hydrogen (secondary N) is 1. The summed E-state index contributed by atoms with van der Waals surface area (Å²) in [6.45, 7) is 2.92. The van der Waals surface area contributed by atoms with Crippen molar-refractivity contribution in [2.45, 2.75) is 39.0 Å². The Hall–Kier alpha value is -3.11. The van der Waals surface area contributed by atoms with E-state index in [9.17, 15) is 4.79 Å². The van der Waals surface area contributed by atoms with Gasteiger partial charge < -0.3 is 14.8 Å². The van der Waals surface area contributed by atoms with Crippen LogP contribution < -0.4 is 10.1 Å². The summed E-state index contributed by atoms with van der Waals surface area (Å²) < 4.78 is 11.3. The van der Waals surface area contributed by atoms with Crippen LogP contribution in [0.1, 0.15) is 40.4 Å². The largest absolute Gasteiger partial charge is 0.496 e. The van der Waals surface area contributed by atoms with Gasteiger partial charge in [-0.2, -0.15) is 0 Å². The van der Waals surface area contributed by atoms with Gasteiger partial charge in [0, 0.05) is 17.2 Å². The number of amides is 1. The van der Waals surface area contributed by atoms with Crippen molar-refractivity contribution in [3.8, 4) is 5.75 Å². The van der Waals surface area contributed by atoms with Crippen molar-refractivity contribution in [1.82, 2.24) is 5.32 Å². The molecule has 0 unspecified atom stereocenters. The summed E-state index contributed by atoms with van der Waals surface area (Å²) in [5, 5.41) is 3.09. The highest BCUT2D eigenvalue weighted by molar-refractivity contribution is 5.94. The third-order valence-electron chi connectivity index (χ3n) is 5.00. The minimum absolute atomic E-state index is 0.0810. The first-order chi connectivity index (χ1) is 14.7. The smallest absolute Gasteiger partial charge is 0.251 e. The molecule has 0 saturated carbocycles. The van der Waals surface area contributed by atoms with Crippen molar-refractivity contribution in [2.24, 2.45) is 0 Å². The number of methoxy groups -OCH3 is 1. The van der Waals surface area contributed by atoms with Crippen molar-refractivity contribution in [2.75, 3.05) is 7.11 Å². The van der Waals surface area contributed by atoms with E-state index in [-0.39, 0.29) is 11.9 Å². The van der Waals surface area contributed by atoms with E-state index in [0.29, 0.717) is 18.8 Å². The predicted molar refractivity (Wildman–Crippen MR) is 120 cm³/mol. The zero-order valence-corrected chi connectivity index (χ0v) is 17.6. The van der Waals surface area contributed by atoms with Crippen LogP contribution in [0.15, 0.2) is 78.9 Å². The maximum atomic E-state index is 12.7. The number of aryl methyl sites for hydroxylation is 1. The van der Waals surface area contributed by atoms with E-state index in [1.165, 1.54) is 5.56 Å². The first kappa shape index (κ1) is 21.6. The van der Waals surface area contributed by atoms with E-state index in [1.807, 2.05) is 67.6 Å². The number of rotatable bonds is 10. The molecule has 0 aromatic heterocycles. The van der Waals surface area contributed by atoms with E-state index in [0.717, 1.165) is 29.7 Å².